The minimum atomic E-state index is 0.860. The van der Waals surface area contributed by atoms with Crippen LogP contribution >= 0.6 is 0 Å². The Hall–Kier alpha value is -0.300. The van der Waals surface area contributed by atoms with Crippen LogP contribution in [0.25, 0.3) is 0 Å². The molecule has 0 N–H and O–H groups in total. The van der Waals surface area contributed by atoms with Crippen LogP contribution in [0.3, 0.4) is 0 Å². The van der Waals surface area contributed by atoms with Gasteiger partial charge in [0.05, 0.1) is 0 Å². The zero-order valence-electron chi connectivity index (χ0n) is 15.1. The Balaban J connectivity index is 1.59. The molecule has 0 spiro atoms. The molecule has 0 bridgehead atoms. The summed E-state index contributed by atoms with van der Waals surface area (Å²) in [6.45, 7) is 6.15. The van der Waals surface area contributed by atoms with Gasteiger partial charge < -0.3 is 4.74 Å². The maximum atomic E-state index is 5.62. The molecule has 2 rings (SSSR count). The average molecular weight is 307 g/mol. The van der Waals surface area contributed by atoms with Crippen LogP contribution in [-0.2, 0) is 4.74 Å². The van der Waals surface area contributed by atoms with Gasteiger partial charge in [0.25, 0.3) is 0 Å². The van der Waals surface area contributed by atoms with E-state index in [-0.39, 0.29) is 0 Å². The van der Waals surface area contributed by atoms with E-state index in [9.17, 15) is 0 Å². The van der Waals surface area contributed by atoms with Crippen molar-refractivity contribution in [2.75, 3.05) is 13.2 Å². The molecule has 0 amide bonds. The molecule has 0 aromatic rings. The second-order valence-electron chi connectivity index (χ2n) is 7.72. The normalized spacial score (nSPS) is 33.4. The van der Waals surface area contributed by atoms with Crippen molar-refractivity contribution in [2.24, 2.45) is 23.7 Å². The molecule has 0 aromatic carbocycles. The molecule has 0 aromatic heterocycles. The van der Waals surface area contributed by atoms with Crippen LogP contribution in [0.15, 0.2) is 12.2 Å². The van der Waals surface area contributed by atoms with Crippen molar-refractivity contribution in [1.29, 1.82) is 0 Å². The number of unbranched alkanes of at least 4 members (excludes halogenated alkanes) is 1. The molecule has 0 unspecified atom stereocenters. The monoisotopic (exact) mass is 306 g/mol. The van der Waals surface area contributed by atoms with Gasteiger partial charge in [-0.2, -0.15) is 0 Å². The van der Waals surface area contributed by atoms with Crippen LogP contribution in [0.5, 0.6) is 0 Å². The van der Waals surface area contributed by atoms with Gasteiger partial charge in [0.2, 0.25) is 0 Å². The summed E-state index contributed by atoms with van der Waals surface area (Å²) in [4.78, 5) is 0. The van der Waals surface area contributed by atoms with E-state index in [4.69, 9.17) is 4.74 Å². The standard InChI is InChI=1S/C21H38O/c1-3-5-6-7-8-18-9-13-20(14-10-18)21-15-11-19(12-16-21)17-22-4-2/h3,5,18-21H,4,6-17H2,1-2H3/b5-3-. The highest BCUT2D eigenvalue weighted by molar-refractivity contribution is 4.83. The first-order chi connectivity index (χ1) is 10.8. The first-order valence-electron chi connectivity index (χ1n) is 10.0. The molecule has 2 aliphatic rings. The van der Waals surface area contributed by atoms with Gasteiger partial charge in [-0.1, -0.05) is 31.4 Å². The Morgan fingerprint density at radius 3 is 2.00 bits per heavy atom. The largest absolute Gasteiger partial charge is 0.381 e. The van der Waals surface area contributed by atoms with Gasteiger partial charge in [0.15, 0.2) is 0 Å². The zero-order valence-corrected chi connectivity index (χ0v) is 15.1. The van der Waals surface area contributed by atoms with Crippen LogP contribution < -0.4 is 0 Å². The van der Waals surface area contributed by atoms with Crippen molar-refractivity contribution in [3.63, 3.8) is 0 Å². The van der Waals surface area contributed by atoms with E-state index in [0.29, 0.717) is 0 Å². The number of hydrogen-bond acceptors (Lipinski definition) is 1. The van der Waals surface area contributed by atoms with Gasteiger partial charge in [0, 0.05) is 13.2 Å². The lowest BCUT2D eigenvalue weighted by atomic mass is 9.69. The Bertz CT molecular complexity index is 293. The summed E-state index contributed by atoms with van der Waals surface area (Å²) >= 11 is 0. The second-order valence-corrected chi connectivity index (χ2v) is 7.72. The summed E-state index contributed by atoms with van der Waals surface area (Å²) in [5, 5.41) is 0. The molecular formula is C21H38O. The van der Waals surface area contributed by atoms with Gasteiger partial charge in [-0.3, -0.25) is 0 Å². The number of allylic oxidation sites excluding steroid dienone is 2. The van der Waals surface area contributed by atoms with Crippen molar-refractivity contribution in [3.8, 4) is 0 Å². The van der Waals surface area contributed by atoms with E-state index in [1.54, 1.807) is 0 Å². The number of rotatable bonds is 8. The number of hydrogen-bond donors (Lipinski definition) is 0. The average Bonchev–Trinajstić information content (AvgIpc) is 2.58. The molecule has 0 aliphatic heterocycles. The van der Waals surface area contributed by atoms with Crippen LogP contribution in [-0.4, -0.2) is 13.2 Å². The molecule has 0 heterocycles. The third-order valence-electron chi connectivity index (χ3n) is 6.23. The minimum absolute atomic E-state index is 0.860. The van der Waals surface area contributed by atoms with Crippen LogP contribution in [0.1, 0.15) is 84.5 Å². The van der Waals surface area contributed by atoms with Crippen molar-refractivity contribution >= 4 is 0 Å². The highest BCUT2D eigenvalue weighted by atomic mass is 16.5. The molecule has 1 nitrogen and oxygen atoms in total. The summed E-state index contributed by atoms with van der Waals surface area (Å²) in [5.41, 5.74) is 0. The lowest BCUT2D eigenvalue weighted by molar-refractivity contribution is 0.0710. The van der Waals surface area contributed by atoms with E-state index in [1.165, 1.54) is 70.6 Å². The van der Waals surface area contributed by atoms with Crippen LogP contribution in [0, 0.1) is 23.7 Å². The maximum absolute atomic E-state index is 5.62. The summed E-state index contributed by atoms with van der Waals surface area (Å²) < 4.78 is 5.62. The summed E-state index contributed by atoms with van der Waals surface area (Å²) in [6, 6.07) is 0. The fraction of sp³-hybridized carbons (Fsp3) is 0.905. The topological polar surface area (TPSA) is 9.23 Å². The molecule has 0 saturated heterocycles. The van der Waals surface area contributed by atoms with Gasteiger partial charge in [-0.25, -0.2) is 0 Å². The quantitative estimate of drug-likeness (QED) is 0.373. The Kier molecular flexibility index (Phi) is 8.59. The predicted octanol–water partition coefficient (Wildman–Crippen LogP) is 6.38. The highest BCUT2D eigenvalue weighted by Gasteiger charge is 2.30. The fourth-order valence-electron chi connectivity index (χ4n) is 4.75. The van der Waals surface area contributed by atoms with E-state index in [2.05, 4.69) is 26.0 Å². The van der Waals surface area contributed by atoms with Gasteiger partial charge in [0.1, 0.15) is 0 Å². The third-order valence-corrected chi connectivity index (χ3v) is 6.23. The molecule has 128 valence electrons. The maximum Gasteiger partial charge on any atom is 0.0494 e. The van der Waals surface area contributed by atoms with Crippen molar-refractivity contribution < 1.29 is 4.74 Å². The zero-order chi connectivity index (χ0) is 15.6. The molecule has 22 heavy (non-hydrogen) atoms. The van der Waals surface area contributed by atoms with Gasteiger partial charge in [-0.05, 0) is 88.9 Å². The van der Waals surface area contributed by atoms with E-state index >= 15 is 0 Å². The molecule has 1 heteroatoms. The minimum Gasteiger partial charge on any atom is -0.381 e. The molecule has 2 fully saturated rings. The van der Waals surface area contributed by atoms with Crippen molar-refractivity contribution in [3.05, 3.63) is 12.2 Å². The third kappa shape index (κ3) is 6.07. The summed E-state index contributed by atoms with van der Waals surface area (Å²) in [6.07, 6.45) is 20.6. The SMILES string of the molecule is C/C=C\CCCC1CCC(C2CCC(COCC)CC2)CC1. The van der Waals surface area contributed by atoms with E-state index in [1.807, 2.05) is 0 Å². The Labute approximate surface area is 138 Å². The Morgan fingerprint density at radius 1 is 0.864 bits per heavy atom. The first-order valence-corrected chi connectivity index (χ1v) is 10.0. The van der Waals surface area contributed by atoms with E-state index < -0.39 is 0 Å². The lowest BCUT2D eigenvalue weighted by Crippen LogP contribution is -2.27. The summed E-state index contributed by atoms with van der Waals surface area (Å²) in [5.74, 6) is 4.00. The number of ether oxygens (including phenoxy) is 1. The Morgan fingerprint density at radius 2 is 1.45 bits per heavy atom. The second kappa shape index (κ2) is 10.5. The summed E-state index contributed by atoms with van der Waals surface area (Å²) in [7, 11) is 0. The smallest absolute Gasteiger partial charge is 0.0494 e. The van der Waals surface area contributed by atoms with E-state index in [0.717, 1.165) is 36.9 Å². The highest BCUT2D eigenvalue weighted by Crippen LogP contribution is 2.42. The molecule has 0 atom stereocenters. The molecular weight excluding hydrogens is 268 g/mol. The van der Waals surface area contributed by atoms with Crippen molar-refractivity contribution in [2.45, 2.75) is 84.5 Å². The van der Waals surface area contributed by atoms with Gasteiger partial charge >= 0.3 is 0 Å². The first kappa shape index (κ1) is 18.0. The van der Waals surface area contributed by atoms with Crippen LogP contribution in [0.4, 0.5) is 0 Å². The fourth-order valence-corrected chi connectivity index (χ4v) is 4.75. The van der Waals surface area contributed by atoms with Crippen molar-refractivity contribution in [1.82, 2.24) is 0 Å². The van der Waals surface area contributed by atoms with Crippen LogP contribution in [0.2, 0.25) is 0 Å². The molecule has 0 radical (unpaired) electrons. The predicted molar refractivity (Wildman–Crippen MR) is 96.1 cm³/mol. The lowest BCUT2D eigenvalue weighted by Gasteiger charge is -2.37. The van der Waals surface area contributed by atoms with Gasteiger partial charge in [-0.15, -0.1) is 0 Å². The molecule has 2 aliphatic carbocycles. The molecule has 2 saturated carbocycles.